The smallest absolute Gasteiger partial charge is 0.299 e. The molecule has 2 aromatic carbocycles. The highest BCUT2D eigenvalue weighted by Crippen LogP contribution is 2.45. The maximum atomic E-state index is 11.4. The van der Waals surface area contributed by atoms with Crippen LogP contribution in [0.15, 0.2) is 69.7 Å². The molecule has 156 valence electrons. The number of fused-ring (bicyclic) bond motifs is 2. The summed E-state index contributed by atoms with van der Waals surface area (Å²) >= 11 is 0. The normalized spacial score (nSPS) is 19.4. The van der Waals surface area contributed by atoms with Gasteiger partial charge in [0.1, 0.15) is 28.7 Å². The van der Waals surface area contributed by atoms with Crippen LogP contribution in [0.25, 0.3) is 11.1 Å². The lowest BCUT2D eigenvalue weighted by Crippen LogP contribution is -2.53. The maximum Gasteiger partial charge on any atom is 0.299 e. The highest BCUT2D eigenvalue weighted by Gasteiger charge is 2.47. The van der Waals surface area contributed by atoms with Gasteiger partial charge in [0.05, 0.1) is 30.5 Å². The van der Waals surface area contributed by atoms with Crippen LogP contribution in [0.2, 0.25) is 0 Å². The summed E-state index contributed by atoms with van der Waals surface area (Å²) in [5, 5.41) is 20.8. The molecule has 31 heavy (non-hydrogen) atoms. The van der Waals surface area contributed by atoms with Gasteiger partial charge < -0.3 is 23.6 Å². The number of hydrogen-bond acceptors (Lipinski definition) is 7. The minimum atomic E-state index is -0.932. The van der Waals surface area contributed by atoms with E-state index in [2.05, 4.69) is 11.1 Å². The van der Waals surface area contributed by atoms with Crippen molar-refractivity contribution in [3.8, 4) is 11.8 Å². The highest BCUT2D eigenvalue weighted by atomic mass is 16.5. The fraction of sp³-hybridized carbons (Fsp3) is 0.250. The first kappa shape index (κ1) is 19.2. The van der Waals surface area contributed by atoms with Crippen molar-refractivity contribution < 1.29 is 18.7 Å². The number of benzene rings is 2. The van der Waals surface area contributed by atoms with Gasteiger partial charge in [0, 0.05) is 5.56 Å². The number of aromatic nitrogens is 1. The van der Waals surface area contributed by atoms with Gasteiger partial charge in [0.25, 0.3) is 6.01 Å². The molecule has 0 fully saturated rings. The predicted molar refractivity (Wildman–Crippen MR) is 114 cm³/mol. The first-order valence-corrected chi connectivity index (χ1v) is 10.0. The molecule has 1 N–H and O–H groups in total. The van der Waals surface area contributed by atoms with Crippen LogP contribution < -0.4 is 9.64 Å². The fourth-order valence-electron chi connectivity index (χ4n) is 4.01. The Morgan fingerprint density at radius 3 is 2.74 bits per heavy atom. The van der Waals surface area contributed by atoms with Gasteiger partial charge >= 0.3 is 0 Å². The minimum Gasteiger partial charge on any atom is -0.485 e. The quantitative estimate of drug-likeness (QED) is 0.521. The fourth-order valence-corrected chi connectivity index (χ4v) is 4.01. The Morgan fingerprint density at radius 2 is 2.00 bits per heavy atom. The van der Waals surface area contributed by atoms with Crippen LogP contribution in [-0.4, -0.2) is 21.8 Å². The van der Waals surface area contributed by atoms with Crippen molar-refractivity contribution in [1.29, 1.82) is 5.26 Å². The van der Waals surface area contributed by atoms with E-state index in [1.807, 2.05) is 55.1 Å². The van der Waals surface area contributed by atoms with E-state index in [0.717, 1.165) is 0 Å². The molecule has 7 nitrogen and oxygen atoms in total. The number of aliphatic hydroxyl groups excluding tert-OH is 1. The maximum absolute atomic E-state index is 11.4. The molecule has 5 rings (SSSR count). The van der Waals surface area contributed by atoms with Gasteiger partial charge in [0.2, 0.25) is 0 Å². The summed E-state index contributed by atoms with van der Waals surface area (Å²) < 4.78 is 17.8. The van der Waals surface area contributed by atoms with E-state index >= 15 is 0 Å². The van der Waals surface area contributed by atoms with Crippen molar-refractivity contribution in [2.24, 2.45) is 0 Å². The molecule has 1 unspecified atom stereocenters. The number of nitrogens with zero attached hydrogens (tertiary/aromatic N) is 3. The third-order valence-electron chi connectivity index (χ3n) is 5.61. The molecule has 1 aliphatic heterocycles. The molecule has 0 saturated heterocycles. The Balaban J connectivity index is 1.70. The third kappa shape index (κ3) is 3.31. The number of nitriles is 1. The molecule has 2 aromatic heterocycles. The number of aliphatic hydroxyl groups is 1. The molecule has 0 spiro atoms. The number of furan rings is 1. The molecule has 0 saturated carbocycles. The van der Waals surface area contributed by atoms with E-state index in [-0.39, 0.29) is 0 Å². The lowest BCUT2D eigenvalue weighted by atomic mass is 9.85. The summed E-state index contributed by atoms with van der Waals surface area (Å²) in [7, 11) is 0. The van der Waals surface area contributed by atoms with E-state index < -0.39 is 17.7 Å². The first-order chi connectivity index (χ1) is 15.0. The van der Waals surface area contributed by atoms with Crippen LogP contribution in [0.1, 0.15) is 36.8 Å². The molecule has 4 aromatic rings. The Kier molecular flexibility index (Phi) is 4.45. The number of oxazole rings is 1. The van der Waals surface area contributed by atoms with Crippen LogP contribution in [0.3, 0.4) is 0 Å². The van der Waals surface area contributed by atoms with Gasteiger partial charge in [-0.2, -0.15) is 10.2 Å². The molecule has 3 heterocycles. The van der Waals surface area contributed by atoms with Crippen LogP contribution in [0.5, 0.6) is 5.75 Å². The van der Waals surface area contributed by atoms with Crippen LogP contribution in [0, 0.1) is 11.3 Å². The molecule has 0 radical (unpaired) electrons. The van der Waals surface area contributed by atoms with Crippen molar-refractivity contribution in [1.82, 2.24) is 4.98 Å². The summed E-state index contributed by atoms with van der Waals surface area (Å²) in [4.78, 5) is 6.54. The van der Waals surface area contributed by atoms with Crippen molar-refractivity contribution in [2.75, 3.05) is 4.90 Å². The van der Waals surface area contributed by atoms with E-state index in [4.69, 9.17) is 13.6 Å². The minimum absolute atomic E-state index is 0.313. The molecule has 7 heteroatoms. The number of hydrogen-bond donors (Lipinski definition) is 1. The molecule has 0 aliphatic carbocycles. The number of ether oxygens (including phenoxy) is 1. The Labute approximate surface area is 179 Å². The lowest BCUT2D eigenvalue weighted by Gasteiger charge is -2.45. The first-order valence-electron chi connectivity index (χ1n) is 10.0. The van der Waals surface area contributed by atoms with Gasteiger partial charge in [-0.25, -0.2) is 0 Å². The SMILES string of the molecule is CC1(C)Oc2ccc(C#N)cc2C(N(Cc2ccco2)c2nc3ccccc3o2)[C@H]1O. The second-order valence-electron chi connectivity index (χ2n) is 8.13. The number of rotatable bonds is 4. The average molecular weight is 415 g/mol. The molecular weight excluding hydrogens is 394 g/mol. The van der Waals surface area contributed by atoms with Gasteiger partial charge in [-0.3, -0.25) is 0 Å². The molecule has 1 aliphatic rings. The molecule has 2 atom stereocenters. The van der Waals surface area contributed by atoms with E-state index in [1.165, 1.54) is 0 Å². The average Bonchev–Trinajstić information content (AvgIpc) is 3.42. The zero-order chi connectivity index (χ0) is 21.6. The summed E-state index contributed by atoms with van der Waals surface area (Å²) in [5.41, 5.74) is 1.66. The Hall–Kier alpha value is -3.76. The van der Waals surface area contributed by atoms with Gasteiger partial charge in [-0.05, 0) is 56.3 Å². The second kappa shape index (κ2) is 7.18. The van der Waals surface area contributed by atoms with Gasteiger partial charge in [0.15, 0.2) is 5.58 Å². The zero-order valence-electron chi connectivity index (χ0n) is 17.1. The van der Waals surface area contributed by atoms with Crippen LogP contribution in [0.4, 0.5) is 6.01 Å². The largest absolute Gasteiger partial charge is 0.485 e. The molecular formula is C24H21N3O4. The molecule has 0 bridgehead atoms. The predicted octanol–water partition coefficient (Wildman–Crippen LogP) is 4.57. The van der Waals surface area contributed by atoms with Crippen molar-refractivity contribution in [2.45, 2.75) is 38.1 Å². The monoisotopic (exact) mass is 415 g/mol. The van der Waals surface area contributed by atoms with Crippen molar-refractivity contribution in [3.63, 3.8) is 0 Å². The van der Waals surface area contributed by atoms with Gasteiger partial charge in [-0.15, -0.1) is 0 Å². The van der Waals surface area contributed by atoms with E-state index in [0.29, 0.717) is 46.3 Å². The second-order valence-corrected chi connectivity index (χ2v) is 8.13. The molecule has 0 amide bonds. The zero-order valence-corrected chi connectivity index (χ0v) is 17.1. The van der Waals surface area contributed by atoms with Crippen molar-refractivity contribution in [3.05, 3.63) is 77.7 Å². The standard InChI is InChI=1S/C24H21N3O4/c1-24(2)22(28)21(17-12-15(13-25)9-10-19(17)31-24)27(14-16-6-5-11-29-16)23-26-18-7-3-4-8-20(18)30-23/h3-12,21-22,28H,14H2,1-2H3/t21?,22-/m1/s1. The summed E-state index contributed by atoms with van der Waals surface area (Å²) in [6.07, 6.45) is 0.671. The Bertz CT molecular complexity index is 1240. The Morgan fingerprint density at radius 1 is 1.16 bits per heavy atom. The summed E-state index contributed by atoms with van der Waals surface area (Å²) in [5.74, 6) is 1.30. The number of anilines is 1. The topological polar surface area (TPSA) is 95.7 Å². The van der Waals surface area contributed by atoms with Gasteiger partial charge in [-0.1, -0.05) is 12.1 Å². The summed E-state index contributed by atoms with van der Waals surface area (Å²) in [6, 6.07) is 18.3. The highest BCUT2D eigenvalue weighted by molar-refractivity contribution is 5.74. The van der Waals surface area contributed by atoms with Crippen LogP contribution in [-0.2, 0) is 6.54 Å². The van der Waals surface area contributed by atoms with Crippen LogP contribution >= 0.6 is 0 Å². The number of para-hydroxylation sites is 2. The van der Waals surface area contributed by atoms with E-state index in [9.17, 15) is 10.4 Å². The lowest BCUT2D eigenvalue weighted by molar-refractivity contribution is -0.0597. The van der Waals surface area contributed by atoms with E-state index in [1.54, 1.807) is 24.5 Å². The third-order valence-corrected chi connectivity index (χ3v) is 5.61. The summed E-state index contributed by atoms with van der Waals surface area (Å²) in [6.45, 7) is 3.99. The van der Waals surface area contributed by atoms with Crippen molar-refractivity contribution >= 4 is 17.1 Å².